The van der Waals surface area contributed by atoms with E-state index in [4.69, 9.17) is 32.8 Å². The van der Waals surface area contributed by atoms with Crippen LogP contribution in [0.2, 0.25) is 0 Å². The van der Waals surface area contributed by atoms with Crippen LogP contribution in [0.1, 0.15) is 110 Å². The number of nitrogens with one attached hydrogen (secondary N) is 15. The van der Waals surface area contributed by atoms with Gasteiger partial charge in [0.15, 0.2) is 11.9 Å². The molecular weight excluding hydrogens is 1690 g/mol. The second kappa shape index (κ2) is 50.0. The molecule has 0 radical (unpaired) electrons. The normalized spacial score (nSPS) is 24.0. The van der Waals surface area contributed by atoms with Crippen molar-refractivity contribution >= 4 is 118 Å². The van der Waals surface area contributed by atoms with E-state index in [-0.39, 0.29) is 116 Å². The number of aliphatic carboxylic acids is 1. The number of pyridine rings is 1. The van der Waals surface area contributed by atoms with Crippen LogP contribution in [-0.2, 0) is 94.3 Å². The summed E-state index contributed by atoms with van der Waals surface area (Å²) in [5.41, 5.74) is 21.0. The van der Waals surface area contributed by atoms with Crippen molar-refractivity contribution < 1.29 is 86.6 Å². The predicted molar refractivity (Wildman–Crippen MR) is 477 cm³/mol. The number of likely N-dealkylation sites (N-methyl/N-ethyl adjacent to an activating group) is 1. The number of guanidine groups is 2. The van der Waals surface area contributed by atoms with Crippen LogP contribution in [0.3, 0.4) is 0 Å². The van der Waals surface area contributed by atoms with Crippen molar-refractivity contribution in [3.63, 3.8) is 0 Å². The molecule has 0 aliphatic carbocycles. The lowest BCUT2D eigenvalue weighted by molar-refractivity contribution is -0.145. The van der Waals surface area contributed by atoms with Gasteiger partial charge < -0.3 is 111 Å². The minimum Gasteiger partial charge on any atom is -0.481 e. The number of aromatic nitrogens is 1. The second-order valence-electron chi connectivity index (χ2n) is 33.4. The fourth-order valence-electron chi connectivity index (χ4n) is 15.3. The Balaban J connectivity index is 1.18. The van der Waals surface area contributed by atoms with Gasteiger partial charge in [-0.1, -0.05) is 120 Å². The summed E-state index contributed by atoms with van der Waals surface area (Å²) in [6.45, 7) is 9.17. The molecule has 1 aromatic heterocycles. The number of carboxylic acid groups (broad SMARTS) is 1. The minimum atomic E-state index is -1.91. The number of thioether (sulfide) groups is 1. The molecule has 4 aromatic rings. The number of nitrogens with zero attached hydrogens (tertiary/aromatic N) is 5. The molecular formula is C87H123N23O18S. The molecule has 4 aliphatic rings. The average molecular weight is 1810 g/mol. The Morgan fingerprint density at radius 3 is 1.50 bits per heavy atom. The van der Waals surface area contributed by atoms with Crippen molar-refractivity contribution in [3.05, 3.63) is 115 Å². The number of hydrogen-bond acceptors (Lipinski definition) is 22. The Kier molecular flexibility index (Phi) is 39.4. The Morgan fingerprint density at radius 2 is 0.953 bits per heavy atom. The van der Waals surface area contributed by atoms with Gasteiger partial charge in [-0.25, -0.2) is 0 Å². The van der Waals surface area contributed by atoms with Crippen LogP contribution < -0.4 is 86.3 Å². The molecule has 4 aliphatic heterocycles. The number of fused-ring (bicyclic) bond motifs is 2. The van der Waals surface area contributed by atoms with Crippen molar-refractivity contribution in [3.8, 4) is 22.3 Å². The molecule has 41 nitrogen and oxygen atoms in total. The van der Waals surface area contributed by atoms with Gasteiger partial charge in [0.1, 0.15) is 72.5 Å². The van der Waals surface area contributed by atoms with Gasteiger partial charge in [0.05, 0.1) is 38.5 Å². The molecule has 3 aromatic carbocycles. The molecule has 12 atom stereocenters. The molecule has 5 heterocycles. The monoisotopic (exact) mass is 1810 g/mol. The van der Waals surface area contributed by atoms with E-state index in [1.54, 1.807) is 102 Å². The van der Waals surface area contributed by atoms with Gasteiger partial charge in [-0.15, -0.1) is 11.8 Å². The lowest BCUT2D eigenvalue weighted by Crippen LogP contribution is -2.62. The number of hydrogen-bond donors (Lipinski definition) is 19. The molecule has 15 amide bonds. The van der Waals surface area contributed by atoms with E-state index in [0.29, 0.717) is 24.2 Å². The molecule has 8 rings (SSSR count). The maximum Gasteiger partial charge on any atom is 0.305 e. The summed E-state index contributed by atoms with van der Waals surface area (Å²) in [6.07, 6.45) is 2.09. The minimum absolute atomic E-state index is 0.000518. The summed E-state index contributed by atoms with van der Waals surface area (Å²) in [5.74, 6) is -18.8. The summed E-state index contributed by atoms with van der Waals surface area (Å²) >= 11 is 0.826. The number of amides is 15. The maximum atomic E-state index is 15.6. The lowest BCUT2D eigenvalue weighted by Gasteiger charge is -2.33. The Hall–Kier alpha value is -12.9. The average Bonchev–Trinajstić information content (AvgIpc) is 1.74. The molecule has 0 unspecified atom stereocenters. The predicted octanol–water partition coefficient (Wildman–Crippen LogP) is -2.86. The third kappa shape index (κ3) is 31.5. The van der Waals surface area contributed by atoms with E-state index in [2.05, 4.69) is 74.1 Å². The van der Waals surface area contributed by atoms with Gasteiger partial charge in [-0.3, -0.25) is 97.4 Å². The number of carbonyl (C=O) groups excluding carboxylic acids is 15. The first-order valence-electron chi connectivity index (χ1n) is 43.3. The summed E-state index contributed by atoms with van der Waals surface area (Å²) in [4.78, 5) is 242. The van der Waals surface area contributed by atoms with Crippen LogP contribution in [0.4, 0.5) is 0 Å². The molecule has 0 bridgehead atoms. The number of ether oxygens (including phenoxy) is 1. The molecule has 700 valence electrons. The highest BCUT2D eigenvalue weighted by Gasteiger charge is 2.44. The van der Waals surface area contributed by atoms with E-state index >= 15 is 14.4 Å². The third-order valence-electron chi connectivity index (χ3n) is 22.4. The zero-order valence-corrected chi connectivity index (χ0v) is 74.5. The van der Waals surface area contributed by atoms with E-state index in [0.717, 1.165) is 38.9 Å². The van der Waals surface area contributed by atoms with E-state index in [1.807, 2.05) is 47.4 Å². The van der Waals surface area contributed by atoms with Crippen molar-refractivity contribution in [2.75, 3.05) is 90.7 Å². The number of carbonyl (C=O) groups is 16. The molecule has 0 saturated carbocycles. The van der Waals surface area contributed by atoms with Crippen molar-refractivity contribution in [2.45, 2.75) is 185 Å². The van der Waals surface area contributed by atoms with Crippen molar-refractivity contribution in [1.82, 2.24) is 93.7 Å². The molecule has 129 heavy (non-hydrogen) atoms. The van der Waals surface area contributed by atoms with Crippen LogP contribution in [0.15, 0.2) is 103 Å². The van der Waals surface area contributed by atoms with Gasteiger partial charge in [0.2, 0.25) is 88.6 Å². The molecule has 4 fully saturated rings. The quantitative estimate of drug-likeness (QED) is 0.0191. The fourth-order valence-corrected chi connectivity index (χ4v) is 16.2. The first-order chi connectivity index (χ1) is 61.4. The Morgan fingerprint density at radius 1 is 0.504 bits per heavy atom. The SMILES string of the molecule is CC(C)[C@@H]1NC(=O)[C@H](CCCNC(=N)N)NC(=O)[C@H](C(C)C)NC(=O)[C@@H]2CCCN2C(=O)[C@H](C(C)C)NC(=O)[C@H](CCCNC(=N)N)NC(=O)[C@H](CC(=O)O)NC(=O)[C@@H]2CCCN2C(=O)CN(C)C(=O)[C@H](Cc2ccc(-c3ccccc3)cc2)NC(=O)[C@H](Cc2ccc(-c3ccncc3)cc2)NC(=O)[C@H](CN2CCOCC2)NC(=O)CSC[C@@H](C(=O)NCC(N)=O)NC1=O. The van der Waals surface area contributed by atoms with Crippen molar-refractivity contribution in [2.24, 2.45) is 35.0 Å². The standard InChI is InChI=1S/C87H123N23O18S/c1-49(2)71-83(125)103-64(74(116)96-44-67(88)111)47-129-48-68(112)97-63(45-108-37-39-128-40-38-108)79(121)100-60(41-52-21-27-56(28-22-52)57-29-33-93-34-30-57)77(119)102-62(42-53-23-25-55(26-24-53)54-15-9-8-10-16-54)84(126)107(7)46-69(113)109-35-13-19-65(109)80(122)101-61(43-70(114)115)78(120)98-58(17-11-31-94-86(89)90)76(118)106-73(51(5)6)85(127)110-36-14-20-66(110)81(123)105-72(50(3)4)82(124)99-59(75(117)104-71)18-12-32-95-87(91)92/h8-10,15-16,21-30,33-34,49-51,58-66,71-73H,11-14,17-20,31-32,35-48H2,1-7H3,(H2,88,111)(H,96,116)(H,97,112)(H,98,120)(H,99,124)(H,100,121)(H,101,122)(H,102,119)(H,103,125)(H,104,117)(H,105,123)(H,106,118)(H,114,115)(H4,89,90,94)(H4,91,92,95)/t58-,59-,60-,61-,62-,63-,64-,65-,66-,71-,72-,73-/m0/s1. The highest BCUT2D eigenvalue weighted by molar-refractivity contribution is 8.00. The first-order valence-corrected chi connectivity index (χ1v) is 44.4. The molecule has 4 saturated heterocycles. The number of rotatable bonds is 24. The molecule has 22 N–H and O–H groups in total. The first kappa shape index (κ1) is 102. The van der Waals surface area contributed by atoms with E-state index < -0.39 is 222 Å². The van der Waals surface area contributed by atoms with Crippen LogP contribution in [0.25, 0.3) is 22.3 Å². The number of nitrogens with two attached hydrogens (primary N) is 3. The van der Waals surface area contributed by atoms with E-state index in [9.17, 15) is 67.4 Å². The molecule has 42 heteroatoms. The Labute approximate surface area is 752 Å². The van der Waals surface area contributed by atoms with E-state index in [1.165, 1.54) is 16.8 Å². The van der Waals surface area contributed by atoms with Crippen LogP contribution >= 0.6 is 11.8 Å². The van der Waals surface area contributed by atoms with Gasteiger partial charge in [0.25, 0.3) is 0 Å². The second-order valence-corrected chi connectivity index (χ2v) is 34.4. The number of morpholine rings is 1. The van der Waals surface area contributed by atoms with Crippen molar-refractivity contribution in [1.29, 1.82) is 10.8 Å². The van der Waals surface area contributed by atoms with Crippen LogP contribution in [0, 0.1) is 28.6 Å². The van der Waals surface area contributed by atoms with Gasteiger partial charge >= 0.3 is 5.97 Å². The highest BCUT2D eigenvalue weighted by atomic mass is 32.2. The van der Waals surface area contributed by atoms with Gasteiger partial charge in [-0.05, 0) is 115 Å². The zero-order chi connectivity index (χ0) is 94.1. The number of carboxylic acids is 1. The Bertz CT molecular complexity index is 4610. The number of primary amides is 1. The van der Waals surface area contributed by atoms with Gasteiger partial charge in [-0.2, -0.15) is 0 Å². The smallest absolute Gasteiger partial charge is 0.305 e. The van der Waals surface area contributed by atoms with Gasteiger partial charge in [0, 0.05) is 83.8 Å². The molecule has 0 spiro atoms. The largest absolute Gasteiger partial charge is 0.481 e. The lowest BCUT2D eigenvalue weighted by atomic mass is 9.98. The zero-order valence-electron chi connectivity index (χ0n) is 73.7. The van der Waals surface area contributed by atoms with Crippen LogP contribution in [0.5, 0.6) is 0 Å². The fraction of sp³-hybridized carbons (Fsp3) is 0.529. The third-order valence-corrected chi connectivity index (χ3v) is 23.4. The highest BCUT2D eigenvalue weighted by Crippen LogP contribution is 2.26. The summed E-state index contributed by atoms with van der Waals surface area (Å²) in [6, 6.07) is 9.44. The summed E-state index contributed by atoms with van der Waals surface area (Å²) < 4.78 is 5.63. The number of benzene rings is 3. The topological polar surface area (TPSA) is 611 Å². The summed E-state index contributed by atoms with van der Waals surface area (Å²) in [7, 11) is 1.31. The maximum absolute atomic E-state index is 15.6. The van der Waals surface area contributed by atoms with Crippen LogP contribution in [-0.4, -0.2) is 299 Å². The summed E-state index contributed by atoms with van der Waals surface area (Å²) in [5, 5.41) is 60.4.